The number of fused-ring (bicyclic) bond motifs is 1. The van der Waals surface area contributed by atoms with Gasteiger partial charge < -0.3 is 9.30 Å². The van der Waals surface area contributed by atoms with E-state index in [0.717, 1.165) is 29.2 Å². The first kappa shape index (κ1) is 13.0. The standard InChI is InChI=1S/C16H15ClN2O/c17-12-16-18-14-8-4-5-9-15(14)19(16)10-11-20-13-6-2-1-3-7-13/h1-9H,10-12H2. The first-order chi connectivity index (χ1) is 9.88. The Kier molecular flexibility index (Phi) is 3.88. The third-order valence-electron chi connectivity index (χ3n) is 3.18. The third kappa shape index (κ3) is 2.63. The third-order valence-corrected chi connectivity index (χ3v) is 3.42. The smallest absolute Gasteiger partial charge is 0.124 e. The number of halogens is 1. The molecule has 4 heteroatoms. The molecule has 0 fully saturated rings. The molecule has 20 heavy (non-hydrogen) atoms. The van der Waals surface area contributed by atoms with E-state index in [1.54, 1.807) is 0 Å². The molecule has 102 valence electrons. The molecule has 1 heterocycles. The lowest BCUT2D eigenvalue weighted by Gasteiger charge is -2.09. The Balaban J connectivity index is 1.77. The maximum atomic E-state index is 5.98. The van der Waals surface area contributed by atoms with Crippen LogP contribution in [0.15, 0.2) is 54.6 Å². The fraction of sp³-hybridized carbons (Fsp3) is 0.188. The quantitative estimate of drug-likeness (QED) is 0.666. The zero-order valence-electron chi connectivity index (χ0n) is 11.0. The number of nitrogens with zero attached hydrogens (tertiary/aromatic N) is 2. The molecule has 3 rings (SSSR count). The molecule has 0 spiro atoms. The van der Waals surface area contributed by atoms with Gasteiger partial charge in [0.05, 0.1) is 23.5 Å². The van der Waals surface area contributed by atoms with Crippen LogP contribution >= 0.6 is 11.6 Å². The molecule has 0 bridgehead atoms. The Hall–Kier alpha value is -2.00. The van der Waals surface area contributed by atoms with Gasteiger partial charge in [-0.05, 0) is 24.3 Å². The summed E-state index contributed by atoms with van der Waals surface area (Å²) < 4.78 is 7.85. The highest BCUT2D eigenvalue weighted by Gasteiger charge is 2.09. The van der Waals surface area contributed by atoms with Crippen molar-refractivity contribution in [2.75, 3.05) is 6.61 Å². The van der Waals surface area contributed by atoms with E-state index in [4.69, 9.17) is 16.3 Å². The van der Waals surface area contributed by atoms with Gasteiger partial charge in [-0.15, -0.1) is 11.6 Å². The Labute approximate surface area is 122 Å². The zero-order chi connectivity index (χ0) is 13.8. The minimum atomic E-state index is 0.403. The van der Waals surface area contributed by atoms with Gasteiger partial charge in [0.15, 0.2) is 0 Å². The topological polar surface area (TPSA) is 27.1 Å². The lowest BCUT2D eigenvalue weighted by atomic mass is 10.3. The maximum absolute atomic E-state index is 5.98. The largest absolute Gasteiger partial charge is 0.492 e. The normalized spacial score (nSPS) is 10.8. The summed E-state index contributed by atoms with van der Waals surface area (Å²) in [6, 6.07) is 17.9. The van der Waals surface area contributed by atoms with Gasteiger partial charge in [0.1, 0.15) is 18.2 Å². The number of aromatic nitrogens is 2. The summed E-state index contributed by atoms with van der Waals surface area (Å²) in [4.78, 5) is 4.53. The van der Waals surface area contributed by atoms with E-state index in [1.807, 2.05) is 48.5 Å². The van der Waals surface area contributed by atoms with E-state index in [0.29, 0.717) is 12.5 Å². The molecule has 3 aromatic rings. The van der Waals surface area contributed by atoms with Gasteiger partial charge in [0.2, 0.25) is 0 Å². The minimum absolute atomic E-state index is 0.403. The molecule has 0 unspecified atom stereocenters. The van der Waals surface area contributed by atoms with E-state index in [1.165, 1.54) is 0 Å². The molecule has 0 aliphatic rings. The molecule has 0 aliphatic carbocycles. The average Bonchev–Trinajstić information content (AvgIpc) is 2.87. The average molecular weight is 287 g/mol. The number of rotatable bonds is 5. The molecule has 0 amide bonds. The highest BCUT2D eigenvalue weighted by molar-refractivity contribution is 6.16. The van der Waals surface area contributed by atoms with Crippen LogP contribution < -0.4 is 4.74 Å². The summed E-state index contributed by atoms with van der Waals surface area (Å²) in [7, 11) is 0. The summed E-state index contributed by atoms with van der Waals surface area (Å²) in [6.07, 6.45) is 0. The molecule has 0 radical (unpaired) electrons. The van der Waals surface area contributed by atoms with Crippen molar-refractivity contribution in [3.63, 3.8) is 0 Å². The van der Waals surface area contributed by atoms with Crippen LogP contribution in [0.2, 0.25) is 0 Å². The molecule has 0 atom stereocenters. The Bertz CT molecular complexity index is 694. The van der Waals surface area contributed by atoms with Gasteiger partial charge >= 0.3 is 0 Å². The van der Waals surface area contributed by atoms with Crippen LogP contribution in [0.5, 0.6) is 5.75 Å². The molecule has 0 saturated heterocycles. The number of hydrogen-bond donors (Lipinski definition) is 0. The van der Waals surface area contributed by atoms with Crippen molar-refractivity contribution >= 4 is 22.6 Å². The van der Waals surface area contributed by atoms with Crippen LogP contribution in [0.4, 0.5) is 0 Å². The first-order valence-electron chi connectivity index (χ1n) is 6.56. The fourth-order valence-corrected chi connectivity index (χ4v) is 2.45. The zero-order valence-corrected chi connectivity index (χ0v) is 11.8. The number of benzene rings is 2. The second kappa shape index (κ2) is 5.97. The molecule has 0 saturated carbocycles. The van der Waals surface area contributed by atoms with E-state index < -0.39 is 0 Å². The van der Waals surface area contributed by atoms with Crippen molar-refractivity contribution in [3.05, 3.63) is 60.4 Å². The summed E-state index contributed by atoms with van der Waals surface area (Å²) in [5.41, 5.74) is 2.07. The number of alkyl halides is 1. The van der Waals surface area contributed by atoms with E-state index in [2.05, 4.69) is 15.6 Å². The van der Waals surface area contributed by atoms with Gasteiger partial charge in [-0.1, -0.05) is 30.3 Å². The highest BCUT2D eigenvalue weighted by atomic mass is 35.5. The highest BCUT2D eigenvalue weighted by Crippen LogP contribution is 2.17. The SMILES string of the molecule is ClCc1nc2ccccc2n1CCOc1ccccc1. The van der Waals surface area contributed by atoms with Crippen LogP contribution in [0.3, 0.4) is 0 Å². The van der Waals surface area contributed by atoms with E-state index in [9.17, 15) is 0 Å². The molecule has 2 aromatic carbocycles. The van der Waals surface area contributed by atoms with Gasteiger partial charge in [-0.25, -0.2) is 4.98 Å². The number of ether oxygens (including phenoxy) is 1. The van der Waals surface area contributed by atoms with Gasteiger partial charge in [-0.2, -0.15) is 0 Å². The Morgan fingerprint density at radius 1 is 1.00 bits per heavy atom. The predicted octanol–water partition coefficient (Wildman–Crippen LogP) is 3.85. The fourth-order valence-electron chi connectivity index (χ4n) is 2.25. The van der Waals surface area contributed by atoms with Crippen LogP contribution in [-0.4, -0.2) is 16.2 Å². The van der Waals surface area contributed by atoms with Gasteiger partial charge in [0.25, 0.3) is 0 Å². The lowest BCUT2D eigenvalue weighted by Crippen LogP contribution is -2.10. The number of imidazole rings is 1. The first-order valence-corrected chi connectivity index (χ1v) is 7.10. The maximum Gasteiger partial charge on any atom is 0.124 e. The molecule has 0 aliphatic heterocycles. The van der Waals surface area contributed by atoms with Gasteiger partial charge in [0, 0.05) is 0 Å². The van der Waals surface area contributed by atoms with Crippen LogP contribution in [0, 0.1) is 0 Å². The lowest BCUT2D eigenvalue weighted by molar-refractivity contribution is 0.299. The summed E-state index contributed by atoms with van der Waals surface area (Å²) in [6.45, 7) is 1.33. The number of hydrogen-bond acceptors (Lipinski definition) is 2. The number of para-hydroxylation sites is 3. The molecular formula is C16H15ClN2O. The summed E-state index contributed by atoms with van der Waals surface area (Å²) in [5, 5.41) is 0. The van der Waals surface area contributed by atoms with Crippen LogP contribution in [0.1, 0.15) is 5.82 Å². The summed E-state index contributed by atoms with van der Waals surface area (Å²) >= 11 is 5.98. The van der Waals surface area contributed by atoms with Crippen molar-refractivity contribution in [2.45, 2.75) is 12.4 Å². The second-order valence-electron chi connectivity index (χ2n) is 4.46. The predicted molar refractivity (Wildman–Crippen MR) is 81.2 cm³/mol. The van der Waals surface area contributed by atoms with Crippen LogP contribution in [-0.2, 0) is 12.4 Å². The van der Waals surface area contributed by atoms with E-state index >= 15 is 0 Å². The molecule has 3 nitrogen and oxygen atoms in total. The molecular weight excluding hydrogens is 272 g/mol. The Morgan fingerprint density at radius 3 is 2.55 bits per heavy atom. The van der Waals surface area contributed by atoms with Crippen molar-refractivity contribution in [3.8, 4) is 5.75 Å². The van der Waals surface area contributed by atoms with Crippen LogP contribution in [0.25, 0.3) is 11.0 Å². The van der Waals surface area contributed by atoms with E-state index in [-0.39, 0.29) is 0 Å². The van der Waals surface area contributed by atoms with Crippen molar-refractivity contribution in [1.82, 2.24) is 9.55 Å². The monoisotopic (exact) mass is 286 g/mol. The van der Waals surface area contributed by atoms with Gasteiger partial charge in [-0.3, -0.25) is 0 Å². The molecule has 1 aromatic heterocycles. The minimum Gasteiger partial charge on any atom is -0.492 e. The van der Waals surface area contributed by atoms with Crippen molar-refractivity contribution in [1.29, 1.82) is 0 Å². The molecule has 0 N–H and O–H groups in total. The Morgan fingerprint density at radius 2 is 1.75 bits per heavy atom. The summed E-state index contributed by atoms with van der Waals surface area (Å²) in [5.74, 6) is 2.16. The van der Waals surface area contributed by atoms with Crippen molar-refractivity contribution in [2.24, 2.45) is 0 Å². The van der Waals surface area contributed by atoms with Crippen molar-refractivity contribution < 1.29 is 4.74 Å². The second-order valence-corrected chi connectivity index (χ2v) is 4.73.